The number of ketones is 1. The topological polar surface area (TPSA) is 210 Å². The number of carbonyl (C=O) groups is 6. The Balaban J connectivity index is 1.29. The minimum absolute atomic E-state index is 0.00475. The maximum absolute atomic E-state index is 15.8. The van der Waals surface area contributed by atoms with Gasteiger partial charge in [-0.15, -0.1) is 0 Å². The molecule has 81 heavy (non-hydrogen) atoms. The van der Waals surface area contributed by atoms with Crippen molar-refractivity contribution in [3.63, 3.8) is 0 Å². The molecular weight excluding hydrogens is 1030 g/mol. The number of esters is 4. The van der Waals surface area contributed by atoms with Crippen LogP contribution in [-0.4, -0.2) is 99.9 Å². The van der Waals surface area contributed by atoms with Gasteiger partial charge in [0.1, 0.15) is 41.7 Å². The second-order valence-electron chi connectivity index (χ2n) is 23.3. The van der Waals surface area contributed by atoms with Crippen LogP contribution in [0.4, 0.5) is 4.79 Å². The first-order valence-corrected chi connectivity index (χ1v) is 28.5. The van der Waals surface area contributed by atoms with Gasteiger partial charge >= 0.3 is 30.0 Å². The quantitative estimate of drug-likeness (QED) is 0.0537. The fourth-order valence-electron chi connectivity index (χ4n) is 12.0. The number of aliphatic hydroxyl groups excluding tert-OH is 1. The molecule has 0 aromatic heterocycles. The molecular formula is C66H85NO14. The van der Waals surface area contributed by atoms with E-state index in [1.54, 1.807) is 97.0 Å². The number of aliphatic hydroxyl groups is 2. The van der Waals surface area contributed by atoms with Gasteiger partial charge in [0.15, 0.2) is 11.4 Å². The lowest BCUT2D eigenvalue weighted by atomic mass is 9.44. The lowest BCUT2D eigenvalue weighted by molar-refractivity contribution is -0.346. The summed E-state index contributed by atoms with van der Waals surface area (Å²) < 4.78 is 37.2. The van der Waals surface area contributed by atoms with Crippen LogP contribution in [0.25, 0.3) is 0 Å². The zero-order valence-corrected chi connectivity index (χ0v) is 48.9. The molecule has 2 bridgehead atoms. The van der Waals surface area contributed by atoms with Gasteiger partial charge in [-0.05, 0) is 115 Å². The van der Waals surface area contributed by atoms with E-state index in [1.807, 2.05) is 18.2 Å². The number of Topliss-reactive ketones (excluding diaryl/α,β-unsaturated/α-hetero) is 1. The first-order valence-electron chi connectivity index (χ1n) is 28.5. The highest BCUT2D eigenvalue weighted by molar-refractivity contribution is 5.94. The minimum atomic E-state index is -2.35. The SMILES string of the molecule is CC/C=C\C/C=C\C/C=C\C/C=C\C/C=C\C/C=C\CCC(=O)OC1CC2OCC2(OC(C)=O)C2C(OC(=O)c3ccccc3)C3(O)CC(OC(=O)C(C)C(NC(=O)OC(C)(C)C)c4ccccc4)C(C)=C(C(O)C(=O)C12C)C3(C)C. The first kappa shape index (κ1) is 63.5. The standard InChI is InChI=1S/C66H85NO14/c1-11-12-13-14-15-16-17-18-19-20-21-22-23-24-25-26-27-28-35-40-52(69)78-50-41-51-65(43-76-51,80-46(4)68)56-58(79-60(73)48-38-33-30-34-39-48)66(75)42-49(44(2)53(63(66,8)9)55(70)57(71)64(50,56)10)77-59(72)45(3)54(47-36-31-29-32-37-47)67-61(74)81-62(5,6)7/h12-13,15-16,18-19,21-22,24-25,27-34,36-39,45,49-51,54-56,58,70,75H,11,14,17,20,23,26,35,40-43H2,1-10H3,(H,67,74)/b13-12-,16-15-,19-18-,22-21-,25-24-,28-27-. The molecule has 2 aromatic carbocycles. The Bertz CT molecular complexity index is 2750. The number of allylic oxidation sites excluding steroid dienone is 12. The van der Waals surface area contributed by atoms with Crippen LogP contribution in [-0.2, 0) is 47.6 Å². The number of hydrogen-bond acceptors (Lipinski definition) is 14. The highest BCUT2D eigenvalue weighted by Gasteiger charge is 2.78. The van der Waals surface area contributed by atoms with Gasteiger partial charge in [-0.3, -0.25) is 19.2 Å². The van der Waals surface area contributed by atoms with Crippen molar-refractivity contribution in [3.8, 4) is 0 Å². The summed E-state index contributed by atoms with van der Waals surface area (Å²) >= 11 is 0. The fraction of sp³-hybridized carbons (Fsp3) is 0.515. The predicted molar refractivity (Wildman–Crippen MR) is 308 cm³/mol. The molecule has 2 aromatic rings. The van der Waals surface area contributed by atoms with E-state index in [9.17, 15) is 34.2 Å². The fourth-order valence-corrected chi connectivity index (χ4v) is 12.0. The van der Waals surface area contributed by atoms with Crippen molar-refractivity contribution in [2.75, 3.05) is 6.61 Å². The van der Waals surface area contributed by atoms with Crippen molar-refractivity contribution in [3.05, 3.63) is 156 Å². The second kappa shape index (κ2) is 27.9. The molecule has 0 spiro atoms. The molecule has 1 saturated heterocycles. The summed E-state index contributed by atoms with van der Waals surface area (Å²) in [5, 5.41) is 29.6. The Morgan fingerprint density at radius 3 is 1.85 bits per heavy atom. The summed E-state index contributed by atoms with van der Waals surface area (Å²) in [4.78, 5) is 85.8. The molecule has 4 aliphatic rings. The van der Waals surface area contributed by atoms with Crippen LogP contribution < -0.4 is 5.32 Å². The Kier molecular flexibility index (Phi) is 21.8. The van der Waals surface area contributed by atoms with Crippen molar-refractivity contribution >= 4 is 35.8 Å². The minimum Gasteiger partial charge on any atom is -0.461 e. The molecule has 11 atom stereocenters. The van der Waals surface area contributed by atoms with Gasteiger partial charge in [0, 0.05) is 31.6 Å². The molecule has 2 saturated carbocycles. The highest BCUT2D eigenvalue weighted by Crippen LogP contribution is 2.64. The molecule has 3 N–H and O–H groups in total. The normalized spacial score (nSPS) is 28.0. The van der Waals surface area contributed by atoms with Gasteiger partial charge in [0.2, 0.25) is 0 Å². The molecule has 6 rings (SSSR count). The van der Waals surface area contributed by atoms with E-state index in [0.29, 0.717) is 18.4 Å². The Morgan fingerprint density at radius 1 is 0.790 bits per heavy atom. The molecule has 15 heteroatoms. The van der Waals surface area contributed by atoms with E-state index >= 15 is 4.79 Å². The molecule has 0 radical (unpaired) electrons. The van der Waals surface area contributed by atoms with Crippen molar-refractivity contribution in [2.24, 2.45) is 22.7 Å². The van der Waals surface area contributed by atoms with Gasteiger partial charge < -0.3 is 44.0 Å². The number of amides is 1. The van der Waals surface area contributed by atoms with Gasteiger partial charge in [-0.25, -0.2) is 9.59 Å². The number of benzene rings is 2. The van der Waals surface area contributed by atoms with E-state index in [-0.39, 0.29) is 36.2 Å². The third-order valence-electron chi connectivity index (χ3n) is 16.2. The predicted octanol–water partition coefficient (Wildman–Crippen LogP) is 11.6. The van der Waals surface area contributed by atoms with Crippen molar-refractivity contribution in [2.45, 2.75) is 187 Å². The average molecular weight is 1120 g/mol. The molecule has 1 aliphatic heterocycles. The zero-order chi connectivity index (χ0) is 59.2. The van der Waals surface area contributed by atoms with Gasteiger partial charge in [-0.1, -0.05) is 142 Å². The maximum atomic E-state index is 15.8. The van der Waals surface area contributed by atoms with E-state index < -0.39 is 118 Å². The van der Waals surface area contributed by atoms with E-state index in [0.717, 1.165) is 32.1 Å². The number of fused-ring (bicyclic) bond motifs is 5. The van der Waals surface area contributed by atoms with Crippen LogP contribution >= 0.6 is 0 Å². The largest absolute Gasteiger partial charge is 0.461 e. The summed E-state index contributed by atoms with van der Waals surface area (Å²) in [5.74, 6) is -6.63. The van der Waals surface area contributed by atoms with Crippen LogP contribution in [0.3, 0.4) is 0 Å². The molecule has 15 nitrogen and oxygen atoms in total. The number of alkyl carbamates (subject to hydrolysis) is 1. The number of nitrogens with one attached hydrogen (secondary N) is 1. The molecule has 11 unspecified atom stereocenters. The number of rotatable bonds is 23. The van der Waals surface area contributed by atoms with Crippen LogP contribution in [0.15, 0.2) is 145 Å². The first-order chi connectivity index (χ1) is 38.4. The Morgan fingerprint density at radius 2 is 1.33 bits per heavy atom. The van der Waals surface area contributed by atoms with Crippen LogP contribution in [0.1, 0.15) is 155 Å². The molecule has 1 heterocycles. The monoisotopic (exact) mass is 1120 g/mol. The smallest absolute Gasteiger partial charge is 0.408 e. The van der Waals surface area contributed by atoms with E-state index in [4.69, 9.17) is 28.4 Å². The average Bonchev–Trinajstić information content (AvgIpc) is 1.08. The second-order valence-corrected chi connectivity index (χ2v) is 23.3. The zero-order valence-electron chi connectivity index (χ0n) is 48.9. The maximum Gasteiger partial charge on any atom is 0.408 e. The number of carbonyl (C=O) groups excluding carboxylic acids is 6. The molecule has 1 amide bonds. The van der Waals surface area contributed by atoms with E-state index in [1.165, 1.54) is 26.0 Å². The summed E-state index contributed by atoms with van der Waals surface area (Å²) in [7, 11) is 0. The third-order valence-corrected chi connectivity index (χ3v) is 16.2. The van der Waals surface area contributed by atoms with Gasteiger partial charge in [0.25, 0.3) is 0 Å². The van der Waals surface area contributed by atoms with Gasteiger partial charge in [-0.2, -0.15) is 0 Å². The van der Waals surface area contributed by atoms with Crippen molar-refractivity contribution < 1.29 is 67.4 Å². The molecule has 3 aliphatic carbocycles. The summed E-state index contributed by atoms with van der Waals surface area (Å²) in [5.41, 5.74) is -7.76. The van der Waals surface area contributed by atoms with Crippen molar-refractivity contribution in [1.82, 2.24) is 5.32 Å². The molecule has 438 valence electrons. The lowest BCUT2D eigenvalue weighted by Crippen LogP contribution is -2.82. The third kappa shape index (κ3) is 14.9. The van der Waals surface area contributed by atoms with Crippen molar-refractivity contribution in [1.29, 1.82) is 0 Å². The van der Waals surface area contributed by atoms with Crippen LogP contribution in [0.5, 0.6) is 0 Å². The lowest BCUT2D eigenvalue weighted by Gasteiger charge is -2.67. The number of hydrogen-bond donors (Lipinski definition) is 3. The summed E-state index contributed by atoms with van der Waals surface area (Å²) in [6.45, 7) is 16.0. The summed E-state index contributed by atoms with van der Waals surface area (Å²) in [6, 6.07) is 15.8. The summed E-state index contributed by atoms with van der Waals surface area (Å²) in [6.07, 6.45) is 21.6. The highest BCUT2D eigenvalue weighted by atomic mass is 16.6. The van der Waals surface area contributed by atoms with Gasteiger partial charge in [0.05, 0.1) is 35.5 Å². The van der Waals surface area contributed by atoms with E-state index in [2.05, 4.69) is 66.9 Å². The Labute approximate surface area is 478 Å². The Hall–Kier alpha value is -6.68. The number of ether oxygens (including phenoxy) is 6. The van der Waals surface area contributed by atoms with Crippen LogP contribution in [0.2, 0.25) is 0 Å². The molecule has 3 fully saturated rings. The van der Waals surface area contributed by atoms with Crippen LogP contribution in [0, 0.1) is 22.7 Å².